The van der Waals surface area contributed by atoms with Crippen molar-refractivity contribution < 1.29 is 8.42 Å². The summed E-state index contributed by atoms with van der Waals surface area (Å²) in [6.45, 7) is 3.65. The van der Waals surface area contributed by atoms with E-state index in [1.54, 1.807) is 6.07 Å². The Morgan fingerprint density at radius 3 is 2.82 bits per heavy atom. The van der Waals surface area contributed by atoms with Crippen molar-refractivity contribution in [3.63, 3.8) is 0 Å². The molecule has 2 rings (SSSR count). The third-order valence-corrected chi connectivity index (χ3v) is 5.91. The highest BCUT2D eigenvalue weighted by Gasteiger charge is 2.25. The molecule has 1 aliphatic rings. The minimum absolute atomic E-state index is 0.152. The molecular formula is C11H18N2O2S2. The minimum Gasteiger partial charge on any atom is -0.313 e. The summed E-state index contributed by atoms with van der Waals surface area (Å²) in [4.78, 5) is 0. The maximum Gasteiger partial charge on any atom is 0.250 e. The van der Waals surface area contributed by atoms with Crippen molar-refractivity contribution in [1.29, 1.82) is 0 Å². The van der Waals surface area contributed by atoms with Gasteiger partial charge in [-0.25, -0.2) is 13.1 Å². The number of thiophene rings is 1. The minimum atomic E-state index is -3.28. The van der Waals surface area contributed by atoms with Crippen molar-refractivity contribution in [2.75, 3.05) is 6.54 Å². The number of sulfonamides is 1. The average molecular weight is 274 g/mol. The highest BCUT2D eigenvalue weighted by atomic mass is 32.2. The molecule has 0 saturated heterocycles. The molecule has 0 amide bonds. The summed E-state index contributed by atoms with van der Waals surface area (Å²) >= 11 is 1.29. The summed E-state index contributed by atoms with van der Waals surface area (Å²) in [7, 11) is -3.28. The van der Waals surface area contributed by atoms with Gasteiger partial charge in [-0.05, 0) is 36.4 Å². The van der Waals surface area contributed by atoms with Gasteiger partial charge in [-0.1, -0.05) is 13.3 Å². The number of hydrogen-bond donors (Lipinski definition) is 2. The summed E-state index contributed by atoms with van der Waals surface area (Å²) in [5, 5.41) is 5.08. The van der Waals surface area contributed by atoms with E-state index in [0.717, 1.165) is 37.9 Å². The van der Waals surface area contributed by atoms with E-state index in [4.69, 9.17) is 0 Å². The maximum atomic E-state index is 12.0. The van der Waals surface area contributed by atoms with Gasteiger partial charge in [0.2, 0.25) is 10.0 Å². The van der Waals surface area contributed by atoms with Crippen LogP contribution in [0, 0.1) is 0 Å². The van der Waals surface area contributed by atoms with E-state index >= 15 is 0 Å². The molecule has 0 aliphatic heterocycles. The first-order chi connectivity index (χ1) is 8.12. The highest BCUT2D eigenvalue weighted by Crippen LogP contribution is 2.24. The molecule has 0 unspecified atom stereocenters. The third kappa shape index (κ3) is 3.28. The predicted octanol–water partition coefficient (Wildman–Crippen LogP) is 1.69. The van der Waals surface area contributed by atoms with E-state index in [1.807, 2.05) is 12.3 Å². The molecule has 96 valence electrons. The van der Waals surface area contributed by atoms with Crippen molar-refractivity contribution in [3.8, 4) is 0 Å². The fourth-order valence-electron chi connectivity index (χ4n) is 1.66. The molecule has 0 spiro atoms. The van der Waals surface area contributed by atoms with Crippen LogP contribution in [0.15, 0.2) is 15.7 Å². The van der Waals surface area contributed by atoms with Gasteiger partial charge in [0.25, 0.3) is 0 Å². The van der Waals surface area contributed by atoms with E-state index in [2.05, 4.69) is 10.0 Å². The summed E-state index contributed by atoms with van der Waals surface area (Å²) in [6, 6.07) is 1.91. The standard InChI is InChI=1S/C11H18N2O2S2/c1-2-12-7-9-6-11(16-8-9)17(14,15)13-10-4-3-5-10/h6,8,10,12-13H,2-5,7H2,1H3. The van der Waals surface area contributed by atoms with E-state index in [0.29, 0.717) is 4.21 Å². The van der Waals surface area contributed by atoms with Gasteiger partial charge in [0.05, 0.1) is 0 Å². The first-order valence-electron chi connectivity index (χ1n) is 5.92. The van der Waals surface area contributed by atoms with Crippen molar-refractivity contribution in [1.82, 2.24) is 10.0 Å². The van der Waals surface area contributed by atoms with Crippen LogP contribution >= 0.6 is 11.3 Å². The molecule has 1 aromatic heterocycles. The quantitative estimate of drug-likeness (QED) is 0.830. The first-order valence-corrected chi connectivity index (χ1v) is 8.28. The molecule has 4 nitrogen and oxygen atoms in total. The summed E-state index contributed by atoms with van der Waals surface area (Å²) in [5.41, 5.74) is 1.03. The monoisotopic (exact) mass is 274 g/mol. The predicted molar refractivity (Wildman–Crippen MR) is 69.7 cm³/mol. The van der Waals surface area contributed by atoms with Crippen LogP contribution in [0.1, 0.15) is 31.7 Å². The second-order valence-electron chi connectivity index (χ2n) is 4.30. The zero-order chi connectivity index (χ0) is 12.3. The Morgan fingerprint density at radius 2 is 2.24 bits per heavy atom. The van der Waals surface area contributed by atoms with Crippen molar-refractivity contribution in [3.05, 3.63) is 17.0 Å². The van der Waals surface area contributed by atoms with Crippen LogP contribution in [0.3, 0.4) is 0 Å². The lowest BCUT2D eigenvalue weighted by Gasteiger charge is -2.25. The van der Waals surface area contributed by atoms with Gasteiger partial charge in [0.15, 0.2) is 0 Å². The molecule has 1 saturated carbocycles. The summed E-state index contributed by atoms with van der Waals surface area (Å²) in [6.07, 6.45) is 3.06. The lowest BCUT2D eigenvalue weighted by atomic mass is 9.94. The van der Waals surface area contributed by atoms with Crippen molar-refractivity contribution in [2.24, 2.45) is 0 Å². The van der Waals surface area contributed by atoms with Crippen LogP contribution in [0.4, 0.5) is 0 Å². The van der Waals surface area contributed by atoms with E-state index < -0.39 is 10.0 Å². The lowest BCUT2D eigenvalue weighted by Crippen LogP contribution is -2.39. The van der Waals surface area contributed by atoms with Gasteiger partial charge in [-0.15, -0.1) is 11.3 Å². The van der Waals surface area contributed by atoms with E-state index in [1.165, 1.54) is 11.3 Å². The van der Waals surface area contributed by atoms with Crippen LogP contribution in [0.2, 0.25) is 0 Å². The lowest BCUT2D eigenvalue weighted by molar-refractivity contribution is 0.384. The topological polar surface area (TPSA) is 58.2 Å². The van der Waals surface area contributed by atoms with Crippen LogP contribution in [0.5, 0.6) is 0 Å². The molecule has 6 heteroatoms. The molecule has 2 N–H and O–H groups in total. The Morgan fingerprint density at radius 1 is 1.47 bits per heavy atom. The number of nitrogens with one attached hydrogen (secondary N) is 2. The second kappa shape index (κ2) is 5.48. The molecule has 0 radical (unpaired) electrons. The van der Waals surface area contributed by atoms with Gasteiger partial charge in [-0.3, -0.25) is 0 Å². The molecule has 1 fully saturated rings. The van der Waals surface area contributed by atoms with Crippen LogP contribution in [-0.4, -0.2) is 21.0 Å². The van der Waals surface area contributed by atoms with Crippen LogP contribution < -0.4 is 10.0 Å². The number of rotatable bonds is 6. The Labute approximate surface area is 106 Å². The zero-order valence-corrected chi connectivity index (χ0v) is 11.5. The Hall–Kier alpha value is -0.430. The SMILES string of the molecule is CCNCc1csc(S(=O)(=O)NC2CCC2)c1. The molecule has 1 aromatic rings. The molecule has 0 aromatic carbocycles. The van der Waals surface area contributed by atoms with Crippen molar-refractivity contribution in [2.45, 2.75) is 43.0 Å². The van der Waals surface area contributed by atoms with Crippen LogP contribution in [-0.2, 0) is 16.6 Å². The normalized spacial score (nSPS) is 17.0. The molecule has 0 bridgehead atoms. The van der Waals surface area contributed by atoms with Gasteiger partial charge in [-0.2, -0.15) is 0 Å². The van der Waals surface area contributed by atoms with Crippen molar-refractivity contribution >= 4 is 21.4 Å². The second-order valence-corrected chi connectivity index (χ2v) is 7.16. The average Bonchev–Trinajstić information content (AvgIpc) is 2.70. The third-order valence-electron chi connectivity index (χ3n) is 2.90. The Kier molecular flexibility index (Phi) is 4.19. The summed E-state index contributed by atoms with van der Waals surface area (Å²) in [5.74, 6) is 0. The first kappa shape index (κ1) is 13.0. The fourth-order valence-corrected chi connectivity index (χ4v) is 4.19. The Bertz CT molecular complexity index is 464. The summed E-state index contributed by atoms with van der Waals surface area (Å²) < 4.78 is 27.2. The molecule has 1 aliphatic carbocycles. The Balaban J connectivity index is 2.02. The van der Waals surface area contributed by atoms with Crippen LogP contribution in [0.25, 0.3) is 0 Å². The molecule has 1 heterocycles. The largest absolute Gasteiger partial charge is 0.313 e. The van der Waals surface area contributed by atoms with Gasteiger partial charge in [0.1, 0.15) is 4.21 Å². The van der Waals surface area contributed by atoms with Gasteiger partial charge < -0.3 is 5.32 Å². The fraction of sp³-hybridized carbons (Fsp3) is 0.636. The molecular weight excluding hydrogens is 256 g/mol. The van der Waals surface area contributed by atoms with E-state index in [-0.39, 0.29) is 6.04 Å². The highest BCUT2D eigenvalue weighted by molar-refractivity contribution is 7.91. The zero-order valence-electron chi connectivity index (χ0n) is 9.90. The smallest absolute Gasteiger partial charge is 0.250 e. The molecule has 17 heavy (non-hydrogen) atoms. The number of hydrogen-bond acceptors (Lipinski definition) is 4. The van der Waals surface area contributed by atoms with Gasteiger partial charge >= 0.3 is 0 Å². The van der Waals surface area contributed by atoms with Gasteiger partial charge in [0, 0.05) is 12.6 Å². The van der Waals surface area contributed by atoms with E-state index in [9.17, 15) is 8.42 Å². The molecule has 0 atom stereocenters. The maximum absolute atomic E-state index is 12.0.